The van der Waals surface area contributed by atoms with Gasteiger partial charge in [0.05, 0.1) is 9.39 Å². The topological polar surface area (TPSA) is 32.3 Å². The van der Waals surface area contributed by atoms with Gasteiger partial charge in [-0.1, -0.05) is 6.92 Å². The summed E-state index contributed by atoms with van der Waals surface area (Å²) in [6.45, 7) is 5.25. The van der Waals surface area contributed by atoms with E-state index in [9.17, 15) is 5.11 Å². The van der Waals surface area contributed by atoms with Gasteiger partial charge in [-0.3, -0.25) is 0 Å². The number of hydrogen-bond acceptors (Lipinski definition) is 3. The van der Waals surface area contributed by atoms with Crippen LogP contribution in [0.1, 0.15) is 25.1 Å². The number of halogens is 2. The standard InChI is InChI=1S/C10H15Br2NOS/c1-3-10(2,14)6-13-5-7-4-8(11)9(12)15-7/h4,13-14H,3,5-6H2,1-2H3. The van der Waals surface area contributed by atoms with Crippen molar-refractivity contribution in [2.75, 3.05) is 6.54 Å². The molecule has 0 fully saturated rings. The van der Waals surface area contributed by atoms with Crippen LogP contribution in [0.3, 0.4) is 0 Å². The van der Waals surface area contributed by atoms with Crippen LogP contribution >= 0.6 is 43.2 Å². The van der Waals surface area contributed by atoms with Crippen molar-refractivity contribution in [3.8, 4) is 0 Å². The third kappa shape index (κ3) is 4.53. The Morgan fingerprint density at radius 2 is 2.20 bits per heavy atom. The smallest absolute Gasteiger partial charge is 0.0843 e. The molecule has 5 heteroatoms. The molecule has 1 aromatic rings. The molecule has 0 aliphatic heterocycles. The number of nitrogens with one attached hydrogen (secondary N) is 1. The molecule has 2 N–H and O–H groups in total. The lowest BCUT2D eigenvalue weighted by molar-refractivity contribution is 0.0556. The van der Waals surface area contributed by atoms with Gasteiger partial charge in [-0.2, -0.15) is 0 Å². The molecule has 0 saturated carbocycles. The van der Waals surface area contributed by atoms with Gasteiger partial charge in [-0.15, -0.1) is 11.3 Å². The first-order valence-corrected chi connectivity index (χ1v) is 7.21. The normalized spacial score (nSPS) is 15.3. The number of rotatable bonds is 5. The summed E-state index contributed by atoms with van der Waals surface area (Å²) >= 11 is 8.60. The quantitative estimate of drug-likeness (QED) is 0.845. The van der Waals surface area contributed by atoms with Gasteiger partial charge < -0.3 is 10.4 Å². The molecule has 1 rings (SSSR count). The van der Waals surface area contributed by atoms with E-state index in [0.717, 1.165) is 21.2 Å². The molecule has 1 heterocycles. The summed E-state index contributed by atoms with van der Waals surface area (Å²) in [5.41, 5.74) is -0.605. The van der Waals surface area contributed by atoms with Gasteiger partial charge in [-0.05, 0) is 51.3 Å². The van der Waals surface area contributed by atoms with Crippen LogP contribution in [0.4, 0.5) is 0 Å². The van der Waals surface area contributed by atoms with Crippen LogP contribution in [0.15, 0.2) is 14.3 Å². The zero-order chi connectivity index (χ0) is 11.5. The van der Waals surface area contributed by atoms with E-state index in [4.69, 9.17) is 0 Å². The summed E-state index contributed by atoms with van der Waals surface area (Å²) in [6, 6.07) is 2.09. The summed E-state index contributed by atoms with van der Waals surface area (Å²) in [5, 5.41) is 13.0. The molecule has 0 aromatic carbocycles. The minimum atomic E-state index is -0.605. The van der Waals surface area contributed by atoms with Gasteiger partial charge in [0.25, 0.3) is 0 Å². The maximum absolute atomic E-state index is 9.78. The molecular formula is C10H15Br2NOS. The Hall–Kier alpha value is 0.580. The molecule has 0 bridgehead atoms. The van der Waals surface area contributed by atoms with Crippen LogP contribution in [0.5, 0.6) is 0 Å². The van der Waals surface area contributed by atoms with Crippen LogP contribution < -0.4 is 5.32 Å². The van der Waals surface area contributed by atoms with Crippen molar-refractivity contribution >= 4 is 43.2 Å². The van der Waals surface area contributed by atoms with E-state index in [2.05, 4.69) is 43.2 Å². The molecule has 15 heavy (non-hydrogen) atoms. The molecule has 1 aromatic heterocycles. The Morgan fingerprint density at radius 1 is 1.53 bits per heavy atom. The highest BCUT2D eigenvalue weighted by molar-refractivity contribution is 9.13. The van der Waals surface area contributed by atoms with Gasteiger partial charge in [0.2, 0.25) is 0 Å². The maximum Gasteiger partial charge on any atom is 0.0843 e. The molecule has 0 radical (unpaired) electrons. The summed E-state index contributed by atoms with van der Waals surface area (Å²) in [4.78, 5) is 1.25. The van der Waals surface area contributed by atoms with Crippen LogP contribution in [0.2, 0.25) is 0 Å². The van der Waals surface area contributed by atoms with Crippen LogP contribution in [-0.2, 0) is 6.54 Å². The van der Waals surface area contributed by atoms with E-state index in [1.54, 1.807) is 11.3 Å². The number of thiophene rings is 1. The molecular weight excluding hydrogens is 342 g/mol. The summed E-state index contributed by atoms with van der Waals surface area (Å²) < 4.78 is 2.20. The fourth-order valence-electron chi connectivity index (χ4n) is 1.06. The highest BCUT2D eigenvalue weighted by Gasteiger charge is 2.16. The van der Waals surface area contributed by atoms with Gasteiger partial charge in [0.1, 0.15) is 0 Å². The largest absolute Gasteiger partial charge is 0.389 e. The summed E-state index contributed by atoms with van der Waals surface area (Å²) in [7, 11) is 0. The van der Waals surface area contributed by atoms with Crippen LogP contribution in [-0.4, -0.2) is 17.3 Å². The highest BCUT2D eigenvalue weighted by atomic mass is 79.9. The first-order valence-electron chi connectivity index (χ1n) is 4.81. The minimum absolute atomic E-state index is 0.605. The maximum atomic E-state index is 9.78. The van der Waals surface area contributed by atoms with Crippen molar-refractivity contribution < 1.29 is 5.11 Å². The highest BCUT2D eigenvalue weighted by Crippen LogP contribution is 2.32. The predicted molar refractivity (Wildman–Crippen MR) is 72.3 cm³/mol. The van der Waals surface area contributed by atoms with Crippen molar-refractivity contribution in [3.63, 3.8) is 0 Å². The van der Waals surface area contributed by atoms with E-state index in [0.29, 0.717) is 6.54 Å². The molecule has 86 valence electrons. The second-order valence-corrected chi connectivity index (χ2v) is 7.10. The summed E-state index contributed by atoms with van der Waals surface area (Å²) in [5.74, 6) is 0. The lowest BCUT2D eigenvalue weighted by Gasteiger charge is -2.21. The molecule has 0 aliphatic carbocycles. The second kappa shape index (κ2) is 5.77. The lowest BCUT2D eigenvalue weighted by Crippen LogP contribution is -2.36. The van der Waals surface area contributed by atoms with Crippen molar-refractivity contribution in [2.45, 2.75) is 32.4 Å². The van der Waals surface area contributed by atoms with Gasteiger partial charge >= 0.3 is 0 Å². The minimum Gasteiger partial charge on any atom is -0.389 e. The molecule has 0 aliphatic rings. The van der Waals surface area contributed by atoms with E-state index in [1.807, 2.05) is 13.8 Å². The SMILES string of the molecule is CCC(C)(O)CNCc1cc(Br)c(Br)s1. The Kier molecular flexibility index (Phi) is 5.25. The van der Waals surface area contributed by atoms with Gasteiger partial charge in [-0.25, -0.2) is 0 Å². The number of hydrogen-bond donors (Lipinski definition) is 2. The average Bonchev–Trinajstić information content (AvgIpc) is 2.46. The molecule has 1 unspecified atom stereocenters. The zero-order valence-corrected chi connectivity index (χ0v) is 12.8. The second-order valence-electron chi connectivity index (χ2n) is 3.79. The van der Waals surface area contributed by atoms with Crippen molar-refractivity contribution in [2.24, 2.45) is 0 Å². The average molecular weight is 357 g/mol. The van der Waals surface area contributed by atoms with Crippen molar-refractivity contribution in [1.29, 1.82) is 0 Å². The first-order chi connectivity index (χ1) is 6.94. The lowest BCUT2D eigenvalue weighted by atomic mass is 10.0. The van der Waals surface area contributed by atoms with E-state index in [-0.39, 0.29) is 0 Å². The third-order valence-corrected chi connectivity index (χ3v) is 5.52. The molecule has 1 atom stereocenters. The van der Waals surface area contributed by atoms with E-state index >= 15 is 0 Å². The molecule has 0 saturated heterocycles. The van der Waals surface area contributed by atoms with E-state index in [1.165, 1.54) is 4.88 Å². The fourth-order valence-corrected chi connectivity index (χ4v) is 3.20. The van der Waals surface area contributed by atoms with E-state index < -0.39 is 5.60 Å². The van der Waals surface area contributed by atoms with Gasteiger partial charge in [0, 0.05) is 22.4 Å². The van der Waals surface area contributed by atoms with Crippen molar-refractivity contribution in [1.82, 2.24) is 5.32 Å². The van der Waals surface area contributed by atoms with Crippen LogP contribution in [0, 0.1) is 0 Å². The zero-order valence-electron chi connectivity index (χ0n) is 8.81. The van der Waals surface area contributed by atoms with Gasteiger partial charge in [0.15, 0.2) is 0 Å². The van der Waals surface area contributed by atoms with Crippen molar-refractivity contribution in [3.05, 3.63) is 19.2 Å². The first kappa shape index (κ1) is 13.6. The third-order valence-electron chi connectivity index (χ3n) is 2.26. The molecule has 2 nitrogen and oxygen atoms in total. The molecule has 0 amide bonds. The van der Waals surface area contributed by atoms with Crippen LogP contribution in [0.25, 0.3) is 0 Å². The predicted octanol–water partition coefficient (Wildman–Crippen LogP) is 3.52. The Bertz CT molecular complexity index is 306. The molecule has 0 spiro atoms. The fraction of sp³-hybridized carbons (Fsp3) is 0.600. The Morgan fingerprint density at radius 3 is 2.67 bits per heavy atom. The monoisotopic (exact) mass is 355 g/mol. The number of aliphatic hydroxyl groups is 1. The Balaban J connectivity index is 2.38. The summed E-state index contributed by atoms with van der Waals surface area (Å²) in [6.07, 6.45) is 0.762. The Labute approximate surface area is 111 Å².